The zero-order chi connectivity index (χ0) is 40.1. The average molecular weight is 779 g/mol. The number of likely N-dealkylation sites (tertiary alicyclic amines) is 1. The van der Waals surface area contributed by atoms with Gasteiger partial charge in [0.1, 0.15) is 6.04 Å². The first-order valence-corrected chi connectivity index (χ1v) is 19.6. The topological polar surface area (TPSA) is 170 Å². The Kier molecular flexibility index (Phi) is 18.1. The van der Waals surface area contributed by atoms with Gasteiger partial charge >= 0.3 is 5.97 Å². The van der Waals surface area contributed by atoms with Crippen LogP contribution in [0, 0.1) is 17.8 Å². The maximum Gasteiger partial charge on any atom is 0.326 e. The van der Waals surface area contributed by atoms with E-state index in [4.69, 9.17) is 21.1 Å². The number of piperazine rings is 1. The summed E-state index contributed by atoms with van der Waals surface area (Å²) in [6.45, 7) is 13.1. The van der Waals surface area contributed by atoms with E-state index < -0.39 is 48.1 Å². The Labute approximate surface area is 326 Å². The lowest BCUT2D eigenvalue weighted by molar-refractivity contribution is -0.147. The Bertz CT molecular complexity index is 1410. The van der Waals surface area contributed by atoms with Crippen LogP contribution in [0.2, 0.25) is 5.02 Å². The highest BCUT2D eigenvalue weighted by Gasteiger charge is 2.42. The van der Waals surface area contributed by atoms with Crippen molar-refractivity contribution in [1.29, 1.82) is 0 Å². The lowest BCUT2D eigenvalue weighted by Gasteiger charge is -2.39. The number of carbonyl (C=O) groups excluding carboxylic acids is 4. The second kappa shape index (κ2) is 21.7. The van der Waals surface area contributed by atoms with E-state index in [1.807, 2.05) is 27.7 Å². The molecule has 2 aliphatic heterocycles. The molecule has 8 atom stereocenters. The van der Waals surface area contributed by atoms with Crippen molar-refractivity contribution in [2.75, 3.05) is 60.5 Å². The summed E-state index contributed by atoms with van der Waals surface area (Å²) in [4.78, 5) is 72.2. The molecule has 2 saturated heterocycles. The second-order valence-corrected chi connectivity index (χ2v) is 15.4. The van der Waals surface area contributed by atoms with Crippen molar-refractivity contribution < 1.29 is 38.6 Å². The van der Waals surface area contributed by atoms with Crippen molar-refractivity contribution in [3.8, 4) is 0 Å². The Hall–Kier alpha value is -3.30. The van der Waals surface area contributed by atoms with Crippen molar-refractivity contribution in [2.24, 2.45) is 17.8 Å². The third-order valence-electron chi connectivity index (χ3n) is 11.2. The quantitative estimate of drug-likeness (QED) is 0.154. The van der Waals surface area contributed by atoms with Crippen LogP contribution < -0.4 is 16.0 Å². The van der Waals surface area contributed by atoms with Crippen LogP contribution in [0.1, 0.15) is 65.9 Å². The number of hydrogen-bond acceptors (Lipinski definition) is 9. The number of benzene rings is 1. The Morgan fingerprint density at radius 2 is 1.69 bits per heavy atom. The highest BCUT2D eigenvalue weighted by atomic mass is 35.5. The van der Waals surface area contributed by atoms with Gasteiger partial charge in [-0.3, -0.25) is 24.1 Å². The van der Waals surface area contributed by atoms with Crippen molar-refractivity contribution in [2.45, 2.75) is 103 Å². The van der Waals surface area contributed by atoms with Gasteiger partial charge in [-0.25, -0.2) is 4.79 Å². The summed E-state index contributed by atoms with van der Waals surface area (Å²) in [5.74, 6) is -3.10. The van der Waals surface area contributed by atoms with Crippen LogP contribution >= 0.6 is 11.6 Å². The van der Waals surface area contributed by atoms with Crippen LogP contribution in [0.4, 0.5) is 0 Å². The average Bonchev–Trinajstić information content (AvgIpc) is 3.64. The van der Waals surface area contributed by atoms with E-state index in [1.54, 1.807) is 48.0 Å². The van der Waals surface area contributed by atoms with Crippen molar-refractivity contribution in [1.82, 2.24) is 30.7 Å². The molecule has 14 nitrogen and oxygen atoms in total. The maximum atomic E-state index is 14.1. The van der Waals surface area contributed by atoms with Gasteiger partial charge in [-0.2, -0.15) is 0 Å². The van der Waals surface area contributed by atoms with Crippen LogP contribution in [0.3, 0.4) is 0 Å². The third-order valence-corrected chi connectivity index (χ3v) is 11.5. The number of carboxylic acid groups (broad SMARTS) is 1. The summed E-state index contributed by atoms with van der Waals surface area (Å²) >= 11 is 6.26. The summed E-state index contributed by atoms with van der Waals surface area (Å²) < 4.78 is 11.8. The van der Waals surface area contributed by atoms with Gasteiger partial charge in [-0.1, -0.05) is 70.8 Å². The zero-order valence-electron chi connectivity index (χ0n) is 33.3. The molecule has 2 aliphatic rings. The van der Waals surface area contributed by atoms with Crippen LogP contribution in [-0.4, -0.2) is 146 Å². The van der Waals surface area contributed by atoms with Gasteiger partial charge in [0.25, 0.3) is 0 Å². The summed E-state index contributed by atoms with van der Waals surface area (Å²) in [5, 5.41) is 19.2. The summed E-state index contributed by atoms with van der Waals surface area (Å²) in [7, 11) is 4.70. The molecule has 1 aromatic rings. The number of likely N-dealkylation sites (N-methyl/N-ethyl adjacent to an activating group) is 1. The van der Waals surface area contributed by atoms with Crippen LogP contribution in [-0.2, 0) is 39.9 Å². The number of ether oxygens (including phenoxy) is 2. The highest BCUT2D eigenvalue weighted by molar-refractivity contribution is 6.31. The van der Waals surface area contributed by atoms with Gasteiger partial charge in [0.2, 0.25) is 23.6 Å². The van der Waals surface area contributed by atoms with E-state index in [0.717, 1.165) is 32.6 Å². The number of nitrogens with zero attached hydrogens (tertiary/aromatic N) is 3. The number of nitrogens with one attached hydrogen (secondary N) is 3. The number of amides is 4. The molecule has 0 radical (unpaired) electrons. The van der Waals surface area contributed by atoms with E-state index >= 15 is 0 Å². The third kappa shape index (κ3) is 11.8. The fourth-order valence-corrected chi connectivity index (χ4v) is 8.17. The molecule has 2 fully saturated rings. The molecule has 0 saturated carbocycles. The van der Waals surface area contributed by atoms with Crippen LogP contribution in [0.15, 0.2) is 24.3 Å². The van der Waals surface area contributed by atoms with Crippen LogP contribution in [0.5, 0.6) is 0 Å². The van der Waals surface area contributed by atoms with Gasteiger partial charge in [0.15, 0.2) is 0 Å². The number of carboxylic acids is 1. The fourth-order valence-electron chi connectivity index (χ4n) is 7.96. The van der Waals surface area contributed by atoms with Gasteiger partial charge in [0, 0.05) is 65.4 Å². The number of methoxy groups -OCH3 is 2. The zero-order valence-corrected chi connectivity index (χ0v) is 34.1. The normalized spacial score (nSPS) is 20.3. The smallest absolute Gasteiger partial charge is 0.326 e. The Morgan fingerprint density at radius 1 is 1.02 bits per heavy atom. The van der Waals surface area contributed by atoms with E-state index in [1.165, 1.54) is 14.2 Å². The monoisotopic (exact) mass is 778 g/mol. The summed E-state index contributed by atoms with van der Waals surface area (Å²) in [6, 6.07) is 4.43. The fraction of sp³-hybridized carbons (Fsp3) is 0.718. The molecule has 2 heterocycles. The maximum absolute atomic E-state index is 14.1. The van der Waals surface area contributed by atoms with Gasteiger partial charge in [0.05, 0.1) is 49.2 Å². The standard InChI is InChI=1S/C39H63ClN6O8/c1-9-25(4)35(44(6)33(48)23-42-38(50)34(24(2)3)45-19-16-41-17-20-45)31(53-7)22-32(47)46-18-12-15-30(46)36(54-8)26(5)37(49)43-29(39(51)52)21-27-13-10-11-14-28(27)40/h10-11,13-14,24-26,29-31,34-36,41H,9,12,15-23H2,1-8H3,(H,42,50)(H,43,49)(H,51,52)/t25-,26+,29-,30-,31?,34-,35-,36+/m0/s1. The molecule has 1 unspecified atom stereocenters. The van der Waals surface area contributed by atoms with Crippen molar-refractivity contribution in [3.05, 3.63) is 34.9 Å². The molecule has 3 rings (SSSR count). The van der Waals surface area contributed by atoms with Gasteiger partial charge < -0.3 is 40.3 Å². The molecule has 304 valence electrons. The SMILES string of the molecule is CC[C@H](C)[C@@H](C(CC(=O)N1CCC[C@H]1[C@H](OC)[C@@H](C)C(=O)N[C@@H](Cc1ccccc1Cl)C(=O)O)OC)N(C)C(=O)CNC(=O)[C@H](C(C)C)N1CCNCC1. The summed E-state index contributed by atoms with van der Waals surface area (Å²) in [5.41, 5.74) is 0.599. The minimum Gasteiger partial charge on any atom is -0.480 e. The first-order valence-electron chi connectivity index (χ1n) is 19.3. The lowest BCUT2D eigenvalue weighted by Crippen LogP contribution is -2.57. The van der Waals surface area contributed by atoms with Crippen LogP contribution in [0.25, 0.3) is 0 Å². The lowest BCUT2D eigenvalue weighted by atomic mass is 9.90. The first kappa shape index (κ1) is 45.1. The van der Waals surface area contributed by atoms with Gasteiger partial charge in [-0.15, -0.1) is 0 Å². The molecule has 0 aromatic heterocycles. The van der Waals surface area contributed by atoms with Crippen molar-refractivity contribution >= 4 is 41.2 Å². The number of carbonyl (C=O) groups is 5. The molecule has 0 spiro atoms. The number of halogens is 1. The molecule has 4 N–H and O–H groups in total. The predicted octanol–water partition coefficient (Wildman–Crippen LogP) is 2.42. The number of aliphatic carboxylic acids is 1. The molecule has 0 bridgehead atoms. The number of rotatable bonds is 20. The molecule has 4 amide bonds. The molecular formula is C39H63ClN6O8. The molecular weight excluding hydrogens is 716 g/mol. The van der Waals surface area contributed by atoms with E-state index in [0.29, 0.717) is 30.0 Å². The van der Waals surface area contributed by atoms with Crippen molar-refractivity contribution in [3.63, 3.8) is 0 Å². The minimum atomic E-state index is -1.21. The summed E-state index contributed by atoms with van der Waals surface area (Å²) in [6.07, 6.45) is 0.657. The first-order chi connectivity index (χ1) is 25.7. The molecule has 15 heteroatoms. The predicted molar refractivity (Wildman–Crippen MR) is 207 cm³/mol. The molecule has 0 aliphatic carbocycles. The van der Waals surface area contributed by atoms with E-state index in [-0.39, 0.29) is 55.0 Å². The second-order valence-electron chi connectivity index (χ2n) is 15.0. The Balaban J connectivity index is 1.69. The van der Waals surface area contributed by atoms with E-state index in [9.17, 15) is 29.1 Å². The molecule has 1 aromatic carbocycles. The van der Waals surface area contributed by atoms with Gasteiger partial charge in [-0.05, 0) is 36.3 Å². The minimum absolute atomic E-state index is 0.00716. The molecule has 54 heavy (non-hydrogen) atoms. The Morgan fingerprint density at radius 3 is 2.26 bits per heavy atom. The highest BCUT2D eigenvalue weighted by Crippen LogP contribution is 2.29. The van der Waals surface area contributed by atoms with E-state index in [2.05, 4.69) is 20.9 Å². The number of hydrogen-bond donors (Lipinski definition) is 4. The largest absolute Gasteiger partial charge is 0.480 e.